The molecule has 6 heteroatoms. The molecule has 0 aromatic carbocycles. The highest BCUT2D eigenvalue weighted by molar-refractivity contribution is 14.0. The maximum absolute atomic E-state index is 5.70. The molecule has 0 aromatic heterocycles. The van der Waals surface area contributed by atoms with Crippen LogP contribution in [0.2, 0.25) is 0 Å². The van der Waals surface area contributed by atoms with Gasteiger partial charge in [0.05, 0.1) is 12.7 Å². The van der Waals surface area contributed by atoms with Gasteiger partial charge in [0.1, 0.15) is 0 Å². The summed E-state index contributed by atoms with van der Waals surface area (Å²) in [6.45, 7) is 9.47. The number of guanidine groups is 1. The van der Waals surface area contributed by atoms with Gasteiger partial charge >= 0.3 is 0 Å². The number of nitrogens with zero attached hydrogens (tertiary/aromatic N) is 1. The standard InChI is InChI=1S/C13H29N3O2.HI/c1-6-18-12(11(2)3)7-8-15-13(14-4)16-9-10-17-5;/h11-12H,6-10H2,1-5H3,(H2,14,15,16);1H. The second-order valence-corrected chi connectivity index (χ2v) is 4.45. The van der Waals surface area contributed by atoms with Gasteiger partial charge in [0, 0.05) is 33.9 Å². The van der Waals surface area contributed by atoms with Gasteiger partial charge in [0.15, 0.2) is 5.96 Å². The van der Waals surface area contributed by atoms with E-state index in [9.17, 15) is 0 Å². The molecule has 19 heavy (non-hydrogen) atoms. The predicted molar refractivity (Wildman–Crippen MR) is 91.5 cm³/mol. The van der Waals surface area contributed by atoms with E-state index in [0.717, 1.165) is 32.1 Å². The van der Waals surface area contributed by atoms with Crippen molar-refractivity contribution in [3.8, 4) is 0 Å². The Hall–Kier alpha value is -0.0800. The fraction of sp³-hybridized carbons (Fsp3) is 0.923. The number of aliphatic imine (C=N–C) groups is 1. The Morgan fingerprint density at radius 3 is 2.32 bits per heavy atom. The lowest BCUT2D eigenvalue weighted by Crippen LogP contribution is -2.40. The molecular weight excluding hydrogens is 357 g/mol. The van der Waals surface area contributed by atoms with Gasteiger partial charge in [-0.25, -0.2) is 0 Å². The molecule has 1 atom stereocenters. The molecular formula is C13H30IN3O2. The van der Waals surface area contributed by atoms with Crippen LogP contribution in [0.25, 0.3) is 0 Å². The first-order chi connectivity index (χ1) is 8.65. The molecule has 5 nitrogen and oxygen atoms in total. The van der Waals surface area contributed by atoms with E-state index in [-0.39, 0.29) is 24.0 Å². The fourth-order valence-electron chi connectivity index (χ4n) is 1.65. The average Bonchev–Trinajstić information content (AvgIpc) is 2.35. The Morgan fingerprint density at radius 1 is 1.21 bits per heavy atom. The number of nitrogens with one attached hydrogen (secondary N) is 2. The van der Waals surface area contributed by atoms with Crippen molar-refractivity contribution in [1.82, 2.24) is 10.6 Å². The Balaban J connectivity index is 0. The fourth-order valence-corrected chi connectivity index (χ4v) is 1.65. The van der Waals surface area contributed by atoms with E-state index >= 15 is 0 Å². The van der Waals surface area contributed by atoms with Crippen LogP contribution in [-0.2, 0) is 9.47 Å². The summed E-state index contributed by atoms with van der Waals surface area (Å²) in [4.78, 5) is 4.15. The summed E-state index contributed by atoms with van der Waals surface area (Å²) in [5, 5.41) is 6.45. The lowest BCUT2D eigenvalue weighted by atomic mass is 10.0. The third-order valence-corrected chi connectivity index (χ3v) is 2.67. The van der Waals surface area contributed by atoms with E-state index in [1.165, 1.54) is 0 Å². The van der Waals surface area contributed by atoms with E-state index in [2.05, 4.69) is 29.5 Å². The van der Waals surface area contributed by atoms with Crippen LogP contribution in [0.1, 0.15) is 27.2 Å². The lowest BCUT2D eigenvalue weighted by molar-refractivity contribution is 0.0258. The SMILES string of the molecule is CCOC(CCNC(=NC)NCCOC)C(C)C.I. The third kappa shape index (κ3) is 11.4. The number of hydrogen-bond acceptors (Lipinski definition) is 3. The van der Waals surface area contributed by atoms with Crippen LogP contribution in [0.15, 0.2) is 4.99 Å². The number of hydrogen-bond donors (Lipinski definition) is 2. The molecule has 0 radical (unpaired) electrons. The van der Waals surface area contributed by atoms with Crippen LogP contribution in [0.5, 0.6) is 0 Å². The Bertz CT molecular complexity index is 226. The summed E-state index contributed by atoms with van der Waals surface area (Å²) in [5.41, 5.74) is 0. The molecule has 0 heterocycles. The smallest absolute Gasteiger partial charge is 0.191 e. The maximum atomic E-state index is 5.70. The Morgan fingerprint density at radius 2 is 1.84 bits per heavy atom. The molecule has 116 valence electrons. The van der Waals surface area contributed by atoms with Crippen LogP contribution in [-0.4, -0.2) is 52.5 Å². The normalized spacial score (nSPS) is 13.1. The zero-order valence-corrected chi connectivity index (χ0v) is 15.2. The van der Waals surface area contributed by atoms with Gasteiger partial charge < -0.3 is 20.1 Å². The zero-order chi connectivity index (χ0) is 13.8. The van der Waals surface area contributed by atoms with Gasteiger partial charge in [-0.2, -0.15) is 0 Å². The molecule has 2 N–H and O–H groups in total. The zero-order valence-electron chi connectivity index (χ0n) is 12.9. The van der Waals surface area contributed by atoms with E-state index in [1.54, 1.807) is 14.2 Å². The second-order valence-electron chi connectivity index (χ2n) is 4.45. The van der Waals surface area contributed by atoms with Crippen molar-refractivity contribution in [3.05, 3.63) is 0 Å². The van der Waals surface area contributed by atoms with Gasteiger partial charge in [0.2, 0.25) is 0 Å². The second kappa shape index (κ2) is 14.3. The van der Waals surface area contributed by atoms with Crippen molar-refractivity contribution >= 4 is 29.9 Å². The Kier molecular flexibility index (Phi) is 16.0. The molecule has 0 bridgehead atoms. The first kappa shape index (κ1) is 21.2. The maximum Gasteiger partial charge on any atom is 0.191 e. The highest BCUT2D eigenvalue weighted by Gasteiger charge is 2.12. The molecule has 0 aromatic rings. The Labute approximate surface area is 134 Å². The van der Waals surface area contributed by atoms with Crippen molar-refractivity contribution in [2.45, 2.75) is 33.3 Å². The van der Waals surface area contributed by atoms with Crippen molar-refractivity contribution in [2.24, 2.45) is 10.9 Å². The van der Waals surface area contributed by atoms with E-state index in [1.807, 2.05) is 6.92 Å². The highest BCUT2D eigenvalue weighted by Crippen LogP contribution is 2.09. The lowest BCUT2D eigenvalue weighted by Gasteiger charge is -2.21. The van der Waals surface area contributed by atoms with Gasteiger partial charge in [-0.05, 0) is 19.3 Å². The molecule has 0 aliphatic heterocycles. The minimum Gasteiger partial charge on any atom is -0.383 e. The topological polar surface area (TPSA) is 54.9 Å². The molecule has 0 aliphatic rings. The first-order valence-electron chi connectivity index (χ1n) is 6.70. The molecule has 0 fully saturated rings. The summed E-state index contributed by atoms with van der Waals surface area (Å²) in [6, 6.07) is 0. The summed E-state index contributed by atoms with van der Waals surface area (Å²) >= 11 is 0. The minimum atomic E-state index is 0. The molecule has 0 amide bonds. The molecule has 1 unspecified atom stereocenters. The van der Waals surface area contributed by atoms with Crippen LogP contribution < -0.4 is 10.6 Å². The molecule has 0 saturated heterocycles. The number of rotatable bonds is 9. The average molecular weight is 387 g/mol. The molecule has 0 aliphatic carbocycles. The van der Waals surface area contributed by atoms with Crippen LogP contribution in [0, 0.1) is 5.92 Å². The molecule has 0 spiro atoms. The van der Waals surface area contributed by atoms with Crippen LogP contribution in [0.4, 0.5) is 0 Å². The van der Waals surface area contributed by atoms with Gasteiger partial charge in [-0.15, -0.1) is 24.0 Å². The van der Waals surface area contributed by atoms with Crippen molar-refractivity contribution in [2.75, 3.05) is 40.5 Å². The predicted octanol–water partition coefficient (Wildman–Crippen LogP) is 1.87. The van der Waals surface area contributed by atoms with Crippen molar-refractivity contribution in [1.29, 1.82) is 0 Å². The van der Waals surface area contributed by atoms with Gasteiger partial charge in [0.25, 0.3) is 0 Å². The van der Waals surface area contributed by atoms with Gasteiger partial charge in [-0.3, -0.25) is 4.99 Å². The summed E-state index contributed by atoms with van der Waals surface area (Å²) in [6.07, 6.45) is 1.29. The highest BCUT2D eigenvalue weighted by atomic mass is 127. The van der Waals surface area contributed by atoms with Crippen LogP contribution >= 0.6 is 24.0 Å². The quantitative estimate of drug-likeness (QED) is 0.275. The number of ether oxygens (including phenoxy) is 2. The third-order valence-electron chi connectivity index (χ3n) is 2.67. The summed E-state index contributed by atoms with van der Waals surface area (Å²) in [7, 11) is 3.46. The number of methoxy groups -OCH3 is 1. The van der Waals surface area contributed by atoms with Crippen LogP contribution in [0.3, 0.4) is 0 Å². The van der Waals surface area contributed by atoms with Crippen molar-refractivity contribution in [3.63, 3.8) is 0 Å². The van der Waals surface area contributed by atoms with Crippen molar-refractivity contribution < 1.29 is 9.47 Å². The minimum absolute atomic E-state index is 0. The largest absolute Gasteiger partial charge is 0.383 e. The van der Waals surface area contributed by atoms with E-state index < -0.39 is 0 Å². The summed E-state index contributed by atoms with van der Waals surface area (Å²) in [5.74, 6) is 1.35. The number of halogens is 1. The molecule has 0 rings (SSSR count). The van der Waals surface area contributed by atoms with E-state index in [4.69, 9.17) is 9.47 Å². The van der Waals surface area contributed by atoms with Gasteiger partial charge in [-0.1, -0.05) is 13.8 Å². The van der Waals surface area contributed by atoms with E-state index in [0.29, 0.717) is 18.6 Å². The molecule has 0 saturated carbocycles. The summed E-state index contributed by atoms with van der Waals surface area (Å²) < 4.78 is 10.7. The monoisotopic (exact) mass is 387 g/mol. The first-order valence-corrected chi connectivity index (χ1v) is 6.70.